The molecule has 4 aromatic rings. The van der Waals surface area contributed by atoms with Crippen molar-refractivity contribution in [3.05, 3.63) is 107 Å². The van der Waals surface area contributed by atoms with Crippen molar-refractivity contribution in [1.82, 2.24) is 4.90 Å². The minimum absolute atomic E-state index is 0.0627. The summed E-state index contributed by atoms with van der Waals surface area (Å²) in [4.78, 5) is 43.1. The number of imide groups is 1. The maximum Gasteiger partial charge on any atom is 0.261 e. The lowest BCUT2D eigenvalue weighted by Gasteiger charge is -2.30. The van der Waals surface area contributed by atoms with Gasteiger partial charge in [-0.25, -0.2) is 0 Å². The van der Waals surface area contributed by atoms with Gasteiger partial charge in [-0.2, -0.15) is 0 Å². The molecule has 0 atom stereocenters. The van der Waals surface area contributed by atoms with E-state index in [1.807, 2.05) is 80.6 Å². The van der Waals surface area contributed by atoms with E-state index in [1.165, 1.54) is 4.90 Å². The van der Waals surface area contributed by atoms with E-state index >= 15 is 0 Å². The molecule has 0 aliphatic carbocycles. The highest BCUT2D eigenvalue weighted by molar-refractivity contribution is 6.25. The normalized spacial score (nSPS) is 12.7. The third kappa shape index (κ3) is 4.22. The molecule has 1 aliphatic heterocycles. The summed E-state index contributed by atoms with van der Waals surface area (Å²) in [6, 6.07) is 25.5. The first kappa shape index (κ1) is 23.3. The van der Waals surface area contributed by atoms with Crippen LogP contribution in [0.1, 0.15) is 43.6 Å². The molecule has 0 spiro atoms. The van der Waals surface area contributed by atoms with Crippen LogP contribution in [0.2, 0.25) is 0 Å². The fourth-order valence-corrected chi connectivity index (χ4v) is 4.65. The Morgan fingerprint density at radius 3 is 2.11 bits per heavy atom. The summed E-state index contributed by atoms with van der Waals surface area (Å²) in [5, 5.41) is 1.54. The first-order valence-electron chi connectivity index (χ1n) is 12.0. The smallest absolute Gasteiger partial charge is 0.261 e. The van der Waals surface area contributed by atoms with E-state index < -0.39 is 0 Å². The Morgan fingerprint density at radius 2 is 1.50 bits per heavy atom. The number of hydrogen-bond acceptors (Lipinski definition) is 4. The molecule has 0 aromatic heterocycles. The highest BCUT2D eigenvalue weighted by atomic mass is 16.5. The summed E-state index contributed by atoms with van der Waals surface area (Å²) in [6.45, 7) is 4.59. The number of hydrogen-bond donors (Lipinski definition) is 0. The van der Waals surface area contributed by atoms with Crippen LogP contribution in [0.5, 0.6) is 5.75 Å². The number of amides is 3. The van der Waals surface area contributed by atoms with E-state index in [0.717, 1.165) is 10.9 Å². The Morgan fingerprint density at radius 1 is 0.861 bits per heavy atom. The monoisotopic (exact) mass is 478 g/mol. The number of rotatable bonds is 7. The van der Waals surface area contributed by atoms with Crippen LogP contribution in [-0.2, 0) is 0 Å². The first-order chi connectivity index (χ1) is 17.5. The maximum atomic E-state index is 13.6. The van der Waals surface area contributed by atoms with E-state index in [1.54, 1.807) is 23.1 Å². The van der Waals surface area contributed by atoms with E-state index in [0.29, 0.717) is 40.1 Å². The second kappa shape index (κ2) is 9.66. The fourth-order valence-electron chi connectivity index (χ4n) is 4.65. The van der Waals surface area contributed by atoms with Gasteiger partial charge in [-0.05, 0) is 67.8 Å². The standard InChI is InChI=1S/C30H26N2O4/c1-3-36-24-15-13-23(14-16-24)31(28(33)22-10-4-7-20(2)19-22)17-18-32-29(34)25-11-5-8-21-9-6-12-26(27(21)25)30(32)35/h4-16,19H,3,17-18H2,1-2H3. The molecule has 180 valence electrons. The summed E-state index contributed by atoms with van der Waals surface area (Å²) >= 11 is 0. The molecule has 0 saturated heterocycles. The van der Waals surface area contributed by atoms with Crippen molar-refractivity contribution in [1.29, 1.82) is 0 Å². The average molecular weight is 479 g/mol. The van der Waals surface area contributed by atoms with Gasteiger partial charge in [0.1, 0.15) is 5.75 Å². The lowest BCUT2D eigenvalue weighted by Crippen LogP contribution is -2.46. The van der Waals surface area contributed by atoms with Gasteiger partial charge >= 0.3 is 0 Å². The first-order valence-corrected chi connectivity index (χ1v) is 12.0. The number of ether oxygens (including phenoxy) is 1. The predicted molar refractivity (Wildman–Crippen MR) is 140 cm³/mol. The number of carbonyl (C=O) groups excluding carboxylic acids is 3. The second-order valence-electron chi connectivity index (χ2n) is 8.72. The van der Waals surface area contributed by atoms with Crippen molar-refractivity contribution < 1.29 is 19.1 Å². The molecule has 0 unspecified atom stereocenters. The third-order valence-electron chi connectivity index (χ3n) is 6.37. The summed E-state index contributed by atoms with van der Waals surface area (Å²) in [6.07, 6.45) is 0. The van der Waals surface area contributed by atoms with Gasteiger partial charge in [-0.15, -0.1) is 0 Å². The Hall–Kier alpha value is -4.45. The molecule has 0 radical (unpaired) electrons. The van der Waals surface area contributed by atoms with Crippen LogP contribution < -0.4 is 9.64 Å². The summed E-state index contributed by atoms with van der Waals surface area (Å²) < 4.78 is 5.54. The molecule has 5 rings (SSSR count). The molecule has 36 heavy (non-hydrogen) atoms. The Balaban J connectivity index is 1.46. The van der Waals surface area contributed by atoms with Gasteiger partial charge < -0.3 is 9.64 Å². The number of nitrogens with zero attached hydrogens (tertiary/aromatic N) is 2. The van der Waals surface area contributed by atoms with Crippen molar-refractivity contribution >= 4 is 34.2 Å². The quantitative estimate of drug-likeness (QED) is 0.330. The minimum Gasteiger partial charge on any atom is -0.494 e. The van der Waals surface area contributed by atoms with Gasteiger partial charge in [-0.3, -0.25) is 19.3 Å². The molecule has 1 aliphatic rings. The number of anilines is 1. The topological polar surface area (TPSA) is 66.9 Å². The zero-order chi connectivity index (χ0) is 25.2. The van der Waals surface area contributed by atoms with Crippen LogP contribution in [0.15, 0.2) is 84.9 Å². The highest BCUT2D eigenvalue weighted by Crippen LogP contribution is 2.30. The number of benzene rings is 4. The molecular weight excluding hydrogens is 452 g/mol. The van der Waals surface area contributed by atoms with Crippen LogP contribution in [0.25, 0.3) is 10.8 Å². The van der Waals surface area contributed by atoms with Crippen molar-refractivity contribution in [2.24, 2.45) is 0 Å². The number of carbonyl (C=O) groups is 3. The van der Waals surface area contributed by atoms with Crippen molar-refractivity contribution in [2.75, 3.05) is 24.6 Å². The zero-order valence-electron chi connectivity index (χ0n) is 20.2. The fraction of sp³-hybridized carbons (Fsp3) is 0.167. The summed E-state index contributed by atoms with van der Waals surface area (Å²) in [5.41, 5.74) is 3.17. The Labute approximate surface area is 209 Å². The van der Waals surface area contributed by atoms with Gasteiger partial charge in [-0.1, -0.05) is 42.0 Å². The van der Waals surface area contributed by atoms with E-state index in [-0.39, 0.29) is 30.8 Å². The Bertz CT molecular complexity index is 1430. The summed E-state index contributed by atoms with van der Waals surface area (Å²) in [5.74, 6) is -0.199. The highest BCUT2D eigenvalue weighted by Gasteiger charge is 2.33. The minimum atomic E-state index is -0.348. The lowest BCUT2D eigenvalue weighted by atomic mass is 9.94. The van der Waals surface area contributed by atoms with Crippen molar-refractivity contribution in [2.45, 2.75) is 13.8 Å². The van der Waals surface area contributed by atoms with Gasteiger partial charge in [0.25, 0.3) is 17.7 Å². The molecule has 0 saturated carbocycles. The van der Waals surface area contributed by atoms with E-state index in [2.05, 4.69) is 0 Å². The molecule has 0 bridgehead atoms. The molecule has 0 fully saturated rings. The Kier molecular flexibility index (Phi) is 6.25. The molecule has 3 amide bonds. The van der Waals surface area contributed by atoms with Crippen LogP contribution in [0, 0.1) is 6.92 Å². The molecule has 1 heterocycles. The molecular formula is C30H26N2O4. The van der Waals surface area contributed by atoms with Crippen molar-refractivity contribution in [3.63, 3.8) is 0 Å². The van der Waals surface area contributed by atoms with Crippen LogP contribution in [0.4, 0.5) is 5.69 Å². The molecule has 4 aromatic carbocycles. The average Bonchev–Trinajstić information content (AvgIpc) is 2.90. The lowest BCUT2D eigenvalue weighted by molar-refractivity contribution is 0.0611. The molecule has 0 N–H and O–H groups in total. The van der Waals surface area contributed by atoms with E-state index in [4.69, 9.17) is 4.74 Å². The van der Waals surface area contributed by atoms with Gasteiger partial charge in [0.15, 0.2) is 0 Å². The van der Waals surface area contributed by atoms with Crippen molar-refractivity contribution in [3.8, 4) is 5.75 Å². The summed E-state index contributed by atoms with van der Waals surface area (Å²) in [7, 11) is 0. The number of aryl methyl sites for hydroxylation is 1. The largest absolute Gasteiger partial charge is 0.494 e. The van der Waals surface area contributed by atoms with Gasteiger partial charge in [0.05, 0.1) is 6.61 Å². The zero-order valence-corrected chi connectivity index (χ0v) is 20.2. The second-order valence-corrected chi connectivity index (χ2v) is 8.72. The van der Waals surface area contributed by atoms with Gasteiger partial charge in [0, 0.05) is 40.9 Å². The van der Waals surface area contributed by atoms with E-state index in [9.17, 15) is 14.4 Å². The SMILES string of the molecule is CCOc1ccc(N(CCN2C(=O)c3cccc4cccc(c34)C2=O)C(=O)c2cccc(C)c2)cc1. The third-order valence-corrected chi connectivity index (χ3v) is 6.37. The predicted octanol–water partition coefficient (Wildman–Crippen LogP) is 5.49. The molecule has 6 nitrogen and oxygen atoms in total. The van der Waals surface area contributed by atoms with Crippen LogP contribution in [0.3, 0.4) is 0 Å². The van der Waals surface area contributed by atoms with Crippen LogP contribution >= 0.6 is 0 Å². The maximum absolute atomic E-state index is 13.6. The molecule has 6 heteroatoms. The van der Waals surface area contributed by atoms with Crippen LogP contribution in [-0.4, -0.2) is 42.3 Å². The van der Waals surface area contributed by atoms with Gasteiger partial charge in [0.2, 0.25) is 0 Å².